The maximum Gasteiger partial charge on any atom is 0.421 e. The smallest absolute Gasteiger partial charge is 0.421 e. The summed E-state index contributed by atoms with van der Waals surface area (Å²) in [5.74, 6) is -0.912. The van der Waals surface area contributed by atoms with Crippen molar-refractivity contribution in [3.63, 3.8) is 0 Å². The number of hydrogen-bond acceptors (Lipinski definition) is 6. The van der Waals surface area contributed by atoms with Gasteiger partial charge in [0.15, 0.2) is 0 Å². The lowest BCUT2D eigenvalue weighted by atomic mass is 9.92. The third-order valence-corrected chi connectivity index (χ3v) is 5.62. The van der Waals surface area contributed by atoms with Crippen LogP contribution in [0.25, 0.3) is 10.9 Å². The molecule has 0 amide bonds. The van der Waals surface area contributed by atoms with Gasteiger partial charge >= 0.3 is 12.1 Å². The van der Waals surface area contributed by atoms with E-state index in [-0.39, 0.29) is 18.9 Å². The summed E-state index contributed by atoms with van der Waals surface area (Å²) in [5.41, 5.74) is 1.20. The van der Waals surface area contributed by atoms with Gasteiger partial charge in [-0.3, -0.25) is 4.79 Å². The molecule has 0 bridgehead atoms. The minimum atomic E-state index is -0.735. The molecule has 0 saturated carbocycles. The molecule has 34 heavy (non-hydrogen) atoms. The van der Waals surface area contributed by atoms with Gasteiger partial charge in [0.2, 0.25) is 12.2 Å². The number of rotatable bonds is 5. The predicted octanol–water partition coefficient (Wildman–Crippen LogP) is 6.05. The van der Waals surface area contributed by atoms with Crippen LogP contribution < -0.4 is 4.74 Å². The van der Waals surface area contributed by atoms with Crippen molar-refractivity contribution in [1.29, 1.82) is 0 Å². The van der Waals surface area contributed by atoms with Crippen LogP contribution in [0.3, 0.4) is 0 Å². The summed E-state index contributed by atoms with van der Waals surface area (Å²) in [4.78, 5) is 26.5. The van der Waals surface area contributed by atoms with Gasteiger partial charge in [0.05, 0.1) is 11.4 Å². The lowest BCUT2D eigenvalue weighted by Gasteiger charge is -2.30. The van der Waals surface area contributed by atoms with Gasteiger partial charge in [-0.1, -0.05) is 48.0 Å². The van der Waals surface area contributed by atoms with Crippen LogP contribution in [-0.2, 0) is 25.6 Å². The molecular weight excluding hydrogens is 458 g/mol. The number of aromatic nitrogens is 1. The monoisotopic (exact) mass is 485 g/mol. The van der Waals surface area contributed by atoms with Crippen molar-refractivity contribution in [2.45, 2.75) is 58.5 Å². The number of halogens is 1. The third-order valence-electron chi connectivity index (χ3n) is 5.38. The Morgan fingerprint density at radius 3 is 2.56 bits per heavy atom. The first-order valence-corrected chi connectivity index (χ1v) is 11.6. The topological polar surface area (TPSA) is 76.0 Å². The Morgan fingerprint density at radius 2 is 1.88 bits per heavy atom. The number of esters is 1. The van der Waals surface area contributed by atoms with Crippen LogP contribution in [0.5, 0.6) is 5.88 Å². The number of ether oxygens (including phenoxy) is 4. The number of fused-ring (bicyclic) bond motifs is 3. The maximum absolute atomic E-state index is 13.3. The van der Waals surface area contributed by atoms with Crippen LogP contribution in [-0.4, -0.2) is 35.1 Å². The first-order valence-electron chi connectivity index (χ1n) is 11.2. The largest absolute Gasteiger partial charge is 0.460 e. The zero-order chi connectivity index (χ0) is 24.5. The van der Waals surface area contributed by atoms with Gasteiger partial charge in [-0.15, -0.1) is 0 Å². The van der Waals surface area contributed by atoms with Gasteiger partial charge < -0.3 is 18.9 Å². The first kappa shape index (κ1) is 24.1. The Kier molecular flexibility index (Phi) is 6.86. The summed E-state index contributed by atoms with van der Waals surface area (Å²) in [6.07, 6.45) is -1.10. The normalized spacial score (nSPS) is 17.7. The van der Waals surface area contributed by atoms with E-state index in [1.165, 1.54) is 4.57 Å². The van der Waals surface area contributed by atoms with Crippen LogP contribution in [0.15, 0.2) is 48.5 Å². The van der Waals surface area contributed by atoms with Gasteiger partial charge in [0, 0.05) is 29.0 Å². The molecule has 0 radical (unpaired) electrons. The van der Waals surface area contributed by atoms with Gasteiger partial charge in [0.25, 0.3) is 0 Å². The second-order valence-electron chi connectivity index (χ2n) is 9.08. The Balaban J connectivity index is 1.79. The van der Waals surface area contributed by atoms with Gasteiger partial charge in [0.1, 0.15) is 12.2 Å². The lowest BCUT2D eigenvalue weighted by Crippen LogP contribution is -2.34. The molecule has 3 aromatic rings. The second-order valence-corrected chi connectivity index (χ2v) is 9.52. The summed E-state index contributed by atoms with van der Waals surface area (Å²) in [6.45, 7) is 7.70. The molecular formula is C26H28ClNO6. The van der Waals surface area contributed by atoms with Crippen molar-refractivity contribution in [2.24, 2.45) is 0 Å². The first-order chi connectivity index (χ1) is 16.2. The van der Waals surface area contributed by atoms with Crippen molar-refractivity contribution < 1.29 is 28.5 Å². The summed E-state index contributed by atoms with van der Waals surface area (Å²) in [5, 5.41) is 1.11. The number of benzene rings is 2. The highest BCUT2D eigenvalue weighted by atomic mass is 35.5. The van der Waals surface area contributed by atoms with Crippen molar-refractivity contribution in [3.8, 4) is 5.88 Å². The number of carbonyl (C=O) groups is 2. The molecule has 8 heteroatoms. The molecule has 0 unspecified atom stereocenters. The van der Waals surface area contributed by atoms with E-state index in [0.29, 0.717) is 28.1 Å². The molecule has 2 heterocycles. The Hall–Kier alpha value is -3.03. The molecule has 0 N–H and O–H groups in total. The fraction of sp³-hybridized carbons (Fsp3) is 0.385. The molecule has 0 fully saturated rings. The highest BCUT2D eigenvalue weighted by Crippen LogP contribution is 2.45. The molecule has 0 aliphatic carbocycles. The zero-order valence-corrected chi connectivity index (χ0v) is 20.4. The summed E-state index contributed by atoms with van der Waals surface area (Å²) in [7, 11) is 0. The van der Waals surface area contributed by atoms with Crippen LogP contribution in [0.2, 0.25) is 5.02 Å². The molecule has 1 aliphatic heterocycles. The zero-order valence-electron chi connectivity index (χ0n) is 19.7. The van der Waals surface area contributed by atoms with Gasteiger partial charge in [-0.2, -0.15) is 0 Å². The summed E-state index contributed by atoms with van der Waals surface area (Å²) in [6, 6.07) is 14.6. The van der Waals surface area contributed by atoms with Crippen molar-refractivity contribution in [3.05, 3.63) is 64.7 Å². The SMILES string of the molecule is CCO[C@@H]1C[C@H](C(=O)OCc2ccccc2)c2c(n(C(=O)OC(C)(C)C)c3cc(Cl)ccc23)O1. The molecule has 0 spiro atoms. The number of nitrogens with zero attached hydrogens (tertiary/aromatic N) is 1. The second kappa shape index (κ2) is 9.68. The lowest BCUT2D eigenvalue weighted by molar-refractivity contribution is -0.153. The van der Waals surface area contributed by atoms with E-state index >= 15 is 0 Å². The van der Waals surface area contributed by atoms with Crippen molar-refractivity contribution in [1.82, 2.24) is 4.57 Å². The highest BCUT2D eigenvalue weighted by molar-refractivity contribution is 6.31. The minimum absolute atomic E-state index is 0.141. The Bertz CT molecular complexity index is 1200. The minimum Gasteiger partial charge on any atom is -0.460 e. The fourth-order valence-corrected chi connectivity index (χ4v) is 4.18. The average Bonchev–Trinajstić information content (AvgIpc) is 3.10. The summed E-state index contributed by atoms with van der Waals surface area (Å²) >= 11 is 6.26. The molecule has 7 nitrogen and oxygen atoms in total. The Morgan fingerprint density at radius 1 is 1.15 bits per heavy atom. The molecule has 180 valence electrons. The molecule has 1 aromatic heterocycles. The van der Waals surface area contributed by atoms with E-state index in [0.717, 1.165) is 5.56 Å². The van der Waals surface area contributed by atoms with Crippen LogP contribution in [0, 0.1) is 0 Å². The van der Waals surface area contributed by atoms with E-state index in [4.69, 9.17) is 30.5 Å². The molecule has 1 aliphatic rings. The maximum atomic E-state index is 13.3. The van der Waals surface area contributed by atoms with E-state index in [1.807, 2.05) is 37.3 Å². The average molecular weight is 486 g/mol. The van der Waals surface area contributed by atoms with E-state index in [9.17, 15) is 9.59 Å². The Labute approximate surface area is 203 Å². The fourth-order valence-electron chi connectivity index (χ4n) is 4.02. The third kappa shape index (κ3) is 5.05. The van der Waals surface area contributed by atoms with Gasteiger partial charge in [-0.25, -0.2) is 9.36 Å². The number of carbonyl (C=O) groups excluding carboxylic acids is 2. The van der Waals surface area contributed by atoms with E-state index in [2.05, 4.69) is 0 Å². The highest BCUT2D eigenvalue weighted by Gasteiger charge is 2.41. The predicted molar refractivity (Wildman–Crippen MR) is 128 cm³/mol. The van der Waals surface area contributed by atoms with Crippen LogP contribution >= 0.6 is 11.6 Å². The van der Waals surface area contributed by atoms with E-state index < -0.39 is 29.9 Å². The van der Waals surface area contributed by atoms with Crippen molar-refractivity contribution in [2.75, 3.05) is 6.61 Å². The number of hydrogen-bond donors (Lipinski definition) is 0. The molecule has 0 saturated heterocycles. The van der Waals surface area contributed by atoms with Crippen LogP contribution in [0.1, 0.15) is 51.2 Å². The van der Waals surface area contributed by atoms with Gasteiger partial charge in [-0.05, 0) is 45.4 Å². The summed E-state index contributed by atoms with van der Waals surface area (Å²) < 4.78 is 24.4. The molecule has 2 atom stereocenters. The molecule has 4 rings (SSSR count). The quantitative estimate of drug-likeness (QED) is 0.409. The van der Waals surface area contributed by atoms with E-state index in [1.54, 1.807) is 39.0 Å². The standard InChI is InChI=1S/C26H28ClNO6/c1-5-31-21-14-19(24(29)32-15-16-9-7-6-8-10-16)22-18-12-11-17(27)13-20(18)28(23(22)33-21)25(30)34-26(2,3)4/h6-13,19,21H,5,14-15H2,1-4H3/t19-,21-/m0/s1. The molecule has 2 aromatic carbocycles. The van der Waals surface area contributed by atoms with Crippen LogP contribution in [0.4, 0.5) is 4.79 Å². The van der Waals surface area contributed by atoms with Crippen molar-refractivity contribution >= 4 is 34.6 Å².